The fraction of sp³-hybridized carbons (Fsp3) is 0.167. The number of aldehydes is 1. The van der Waals surface area contributed by atoms with Gasteiger partial charge in [-0.1, -0.05) is 23.7 Å². The molecule has 0 saturated carbocycles. The summed E-state index contributed by atoms with van der Waals surface area (Å²) in [7, 11) is 1.65. The van der Waals surface area contributed by atoms with E-state index in [1.54, 1.807) is 7.11 Å². The molecule has 1 atom stereocenters. The van der Waals surface area contributed by atoms with Crippen LogP contribution in [0.2, 0.25) is 5.02 Å². The average Bonchev–Trinajstić information content (AvgIpc) is 2.96. The summed E-state index contributed by atoms with van der Waals surface area (Å²) in [5.41, 5.74) is 3.10. The minimum atomic E-state index is -0.00633. The van der Waals surface area contributed by atoms with E-state index in [4.69, 9.17) is 16.3 Å². The number of benzene rings is 2. The van der Waals surface area contributed by atoms with E-state index in [-0.39, 0.29) is 5.92 Å². The van der Waals surface area contributed by atoms with Gasteiger partial charge in [0.1, 0.15) is 12.0 Å². The predicted molar refractivity (Wildman–Crippen MR) is 88.8 cm³/mol. The SMILES string of the molecule is COc1ccc2[nH]c([C@@H](CC=O)c3ccc(Cl)cc3)cc2c1. The molecule has 0 amide bonds. The first kappa shape index (κ1) is 14.7. The Morgan fingerprint density at radius 2 is 1.95 bits per heavy atom. The smallest absolute Gasteiger partial charge is 0.120 e. The number of H-pyrrole nitrogens is 1. The van der Waals surface area contributed by atoms with E-state index >= 15 is 0 Å². The van der Waals surface area contributed by atoms with Gasteiger partial charge < -0.3 is 14.5 Å². The minimum absolute atomic E-state index is 0.00633. The van der Waals surface area contributed by atoms with Crippen molar-refractivity contribution in [1.82, 2.24) is 4.98 Å². The Morgan fingerprint density at radius 3 is 2.64 bits per heavy atom. The summed E-state index contributed by atoms with van der Waals surface area (Å²) in [6.45, 7) is 0. The molecule has 4 heteroatoms. The fourth-order valence-electron chi connectivity index (χ4n) is 2.68. The van der Waals surface area contributed by atoms with Gasteiger partial charge in [-0.15, -0.1) is 0 Å². The number of fused-ring (bicyclic) bond motifs is 1. The van der Waals surface area contributed by atoms with E-state index in [0.29, 0.717) is 11.4 Å². The van der Waals surface area contributed by atoms with Crippen LogP contribution in [0, 0.1) is 0 Å². The minimum Gasteiger partial charge on any atom is -0.497 e. The van der Waals surface area contributed by atoms with Crippen LogP contribution in [0.3, 0.4) is 0 Å². The Bertz CT molecular complexity index is 792. The molecule has 22 heavy (non-hydrogen) atoms. The molecule has 2 aromatic carbocycles. The molecule has 3 nitrogen and oxygen atoms in total. The van der Waals surface area contributed by atoms with Crippen molar-refractivity contribution in [2.75, 3.05) is 7.11 Å². The van der Waals surface area contributed by atoms with Gasteiger partial charge in [0.2, 0.25) is 0 Å². The Balaban J connectivity index is 2.04. The van der Waals surface area contributed by atoms with E-state index in [1.165, 1.54) is 0 Å². The maximum Gasteiger partial charge on any atom is 0.120 e. The monoisotopic (exact) mass is 313 g/mol. The number of aromatic amines is 1. The van der Waals surface area contributed by atoms with Gasteiger partial charge in [-0.3, -0.25) is 0 Å². The highest BCUT2D eigenvalue weighted by molar-refractivity contribution is 6.30. The first-order valence-electron chi connectivity index (χ1n) is 7.07. The third kappa shape index (κ3) is 2.85. The molecule has 1 aromatic heterocycles. The zero-order valence-corrected chi connectivity index (χ0v) is 12.9. The van der Waals surface area contributed by atoms with E-state index in [0.717, 1.165) is 34.2 Å². The summed E-state index contributed by atoms with van der Waals surface area (Å²) in [5.74, 6) is 0.810. The van der Waals surface area contributed by atoms with E-state index in [9.17, 15) is 4.79 Å². The average molecular weight is 314 g/mol. The highest BCUT2D eigenvalue weighted by atomic mass is 35.5. The predicted octanol–water partition coefficient (Wildman–Crippen LogP) is 4.55. The van der Waals surface area contributed by atoms with Gasteiger partial charge in [0.15, 0.2) is 0 Å². The molecule has 0 aliphatic rings. The number of ether oxygens (including phenoxy) is 1. The number of carbonyl (C=O) groups is 1. The van der Waals surface area contributed by atoms with Crippen molar-refractivity contribution in [2.45, 2.75) is 12.3 Å². The number of rotatable bonds is 5. The summed E-state index contributed by atoms with van der Waals surface area (Å²) < 4.78 is 5.25. The second-order valence-electron chi connectivity index (χ2n) is 5.18. The summed E-state index contributed by atoms with van der Waals surface area (Å²) in [6, 6.07) is 15.6. The van der Waals surface area contributed by atoms with Crippen molar-refractivity contribution in [1.29, 1.82) is 0 Å². The number of halogens is 1. The Kier molecular flexibility index (Phi) is 4.16. The number of hydrogen-bond acceptors (Lipinski definition) is 2. The molecule has 3 aromatic rings. The lowest BCUT2D eigenvalue weighted by Gasteiger charge is -2.13. The second kappa shape index (κ2) is 6.24. The van der Waals surface area contributed by atoms with Crippen molar-refractivity contribution in [2.24, 2.45) is 0 Å². The van der Waals surface area contributed by atoms with Crippen molar-refractivity contribution in [3.05, 3.63) is 64.8 Å². The third-order valence-corrected chi connectivity index (χ3v) is 4.08. The van der Waals surface area contributed by atoms with E-state index in [1.807, 2.05) is 42.5 Å². The lowest BCUT2D eigenvalue weighted by Crippen LogP contribution is -2.02. The molecule has 0 radical (unpaired) electrons. The number of hydrogen-bond donors (Lipinski definition) is 1. The highest BCUT2D eigenvalue weighted by Crippen LogP contribution is 2.31. The first-order chi connectivity index (χ1) is 10.7. The molecule has 0 fully saturated rings. The summed E-state index contributed by atoms with van der Waals surface area (Å²) in [6.07, 6.45) is 1.37. The zero-order chi connectivity index (χ0) is 15.5. The quantitative estimate of drug-likeness (QED) is 0.702. The van der Waals surface area contributed by atoms with Crippen LogP contribution in [0.1, 0.15) is 23.6 Å². The van der Waals surface area contributed by atoms with Gasteiger partial charge in [0.25, 0.3) is 0 Å². The van der Waals surface area contributed by atoms with Crippen LogP contribution in [0.4, 0.5) is 0 Å². The van der Waals surface area contributed by atoms with Crippen LogP contribution < -0.4 is 4.74 Å². The van der Waals surface area contributed by atoms with Crippen molar-refractivity contribution >= 4 is 28.8 Å². The first-order valence-corrected chi connectivity index (χ1v) is 7.45. The van der Waals surface area contributed by atoms with E-state index < -0.39 is 0 Å². The molecule has 0 aliphatic heterocycles. The standard InChI is InChI=1S/C18H16ClNO2/c1-22-15-6-7-17-13(10-15)11-18(20-17)16(8-9-21)12-2-4-14(19)5-3-12/h2-7,9-11,16,20H,8H2,1H3/t16-/m0/s1. The molecule has 0 aliphatic carbocycles. The maximum absolute atomic E-state index is 11.1. The highest BCUT2D eigenvalue weighted by Gasteiger charge is 2.16. The summed E-state index contributed by atoms with van der Waals surface area (Å²) in [5, 5.41) is 1.76. The number of carbonyl (C=O) groups excluding carboxylic acids is 1. The van der Waals surface area contributed by atoms with Crippen LogP contribution >= 0.6 is 11.6 Å². The zero-order valence-electron chi connectivity index (χ0n) is 12.2. The Labute approximate surface area is 133 Å². The fourth-order valence-corrected chi connectivity index (χ4v) is 2.81. The molecule has 0 spiro atoms. The lowest BCUT2D eigenvalue weighted by atomic mass is 9.93. The molecular weight excluding hydrogens is 298 g/mol. The largest absolute Gasteiger partial charge is 0.497 e. The van der Waals surface area contributed by atoms with Gasteiger partial charge >= 0.3 is 0 Å². The molecule has 3 rings (SSSR count). The van der Waals surface area contributed by atoms with Crippen LogP contribution in [0.25, 0.3) is 10.9 Å². The normalized spacial score (nSPS) is 12.3. The molecule has 0 unspecified atom stereocenters. The van der Waals surface area contributed by atoms with Crippen molar-refractivity contribution in [3.63, 3.8) is 0 Å². The summed E-state index contributed by atoms with van der Waals surface area (Å²) >= 11 is 5.95. The molecule has 0 bridgehead atoms. The molecular formula is C18H16ClNO2. The van der Waals surface area contributed by atoms with Crippen LogP contribution in [-0.4, -0.2) is 18.4 Å². The Morgan fingerprint density at radius 1 is 1.18 bits per heavy atom. The van der Waals surface area contributed by atoms with Crippen molar-refractivity contribution in [3.8, 4) is 5.75 Å². The van der Waals surface area contributed by atoms with Crippen LogP contribution in [0.15, 0.2) is 48.5 Å². The maximum atomic E-state index is 11.1. The molecule has 1 N–H and O–H groups in total. The number of aromatic nitrogens is 1. The molecule has 1 heterocycles. The topological polar surface area (TPSA) is 42.1 Å². The second-order valence-corrected chi connectivity index (χ2v) is 5.62. The number of nitrogens with one attached hydrogen (secondary N) is 1. The molecule has 0 saturated heterocycles. The van der Waals surface area contributed by atoms with Crippen molar-refractivity contribution < 1.29 is 9.53 Å². The molecule has 112 valence electrons. The van der Waals surface area contributed by atoms with E-state index in [2.05, 4.69) is 11.1 Å². The van der Waals surface area contributed by atoms with Gasteiger partial charge in [-0.2, -0.15) is 0 Å². The number of methoxy groups -OCH3 is 1. The van der Waals surface area contributed by atoms with Crippen LogP contribution in [0.5, 0.6) is 5.75 Å². The van der Waals surface area contributed by atoms with Crippen LogP contribution in [-0.2, 0) is 4.79 Å². The third-order valence-electron chi connectivity index (χ3n) is 3.83. The van der Waals surface area contributed by atoms with Gasteiger partial charge in [0, 0.05) is 34.0 Å². The Hall–Kier alpha value is -2.26. The summed E-state index contributed by atoms with van der Waals surface area (Å²) in [4.78, 5) is 14.5. The van der Waals surface area contributed by atoms with Gasteiger partial charge in [0.05, 0.1) is 7.11 Å². The van der Waals surface area contributed by atoms with Gasteiger partial charge in [-0.25, -0.2) is 0 Å². The van der Waals surface area contributed by atoms with Gasteiger partial charge in [-0.05, 0) is 42.0 Å². The lowest BCUT2D eigenvalue weighted by molar-refractivity contribution is -0.108.